The molecule has 0 heterocycles. The van der Waals surface area contributed by atoms with Crippen LogP contribution in [0.3, 0.4) is 0 Å². The van der Waals surface area contributed by atoms with Crippen LogP contribution in [0.4, 0.5) is 0 Å². The highest BCUT2D eigenvalue weighted by molar-refractivity contribution is 5.82. The normalized spacial score (nSPS) is 12.6. The summed E-state index contributed by atoms with van der Waals surface area (Å²) >= 11 is 0. The van der Waals surface area contributed by atoms with E-state index in [0.717, 1.165) is 23.5 Å². The van der Waals surface area contributed by atoms with Crippen molar-refractivity contribution < 1.29 is 14.3 Å². The maximum Gasteiger partial charge on any atom is 0.226 e. The first kappa shape index (κ1) is 18.3. The summed E-state index contributed by atoms with van der Waals surface area (Å²) in [6.07, 6.45) is 0.805. The molecule has 1 unspecified atom stereocenters. The zero-order chi connectivity index (χ0) is 16.8. The minimum Gasteiger partial charge on any atom is -0.490 e. The molecular formula is C18H29NO3. The van der Waals surface area contributed by atoms with Crippen molar-refractivity contribution in [3.8, 4) is 11.5 Å². The Kier molecular flexibility index (Phi) is 6.72. The van der Waals surface area contributed by atoms with E-state index >= 15 is 0 Å². The van der Waals surface area contributed by atoms with Crippen LogP contribution in [0.1, 0.15) is 59.6 Å². The molecule has 0 aromatic heterocycles. The summed E-state index contributed by atoms with van der Waals surface area (Å²) in [4.78, 5) is 12.3. The molecule has 4 nitrogen and oxygen atoms in total. The van der Waals surface area contributed by atoms with Gasteiger partial charge in [-0.3, -0.25) is 4.79 Å². The first-order chi connectivity index (χ1) is 10.4. The van der Waals surface area contributed by atoms with Gasteiger partial charge in [0, 0.05) is 5.41 Å². The predicted octanol–water partition coefficient (Wildman–Crippen LogP) is 4.10. The third-order valence-electron chi connectivity index (χ3n) is 3.91. The van der Waals surface area contributed by atoms with Crippen LogP contribution in [-0.2, 0) is 4.79 Å². The van der Waals surface area contributed by atoms with Gasteiger partial charge in [-0.1, -0.05) is 26.8 Å². The Morgan fingerprint density at radius 1 is 1.14 bits per heavy atom. The Hall–Kier alpha value is -1.71. The van der Waals surface area contributed by atoms with Crippen LogP contribution >= 0.6 is 0 Å². The van der Waals surface area contributed by atoms with E-state index in [4.69, 9.17) is 9.47 Å². The van der Waals surface area contributed by atoms with E-state index in [9.17, 15) is 4.79 Å². The average molecular weight is 307 g/mol. The molecule has 0 saturated heterocycles. The second-order valence-electron chi connectivity index (χ2n) is 6.00. The third-order valence-corrected chi connectivity index (χ3v) is 3.91. The maximum absolute atomic E-state index is 12.3. The van der Waals surface area contributed by atoms with E-state index in [1.807, 2.05) is 59.7 Å². The zero-order valence-corrected chi connectivity index (χ0v) is 14.7. The Morgan fingerprint density at radius 3 is 2.27 bits per heavy atom. The van der Waals surface area contributed by atoms with Crippen molar-refractivity contribution in [2.75, 3.05) is 13.2 Å². The van der Waals surface area contributed by atoms with E-state index in [1.165, 1.54) is 0 Å². The van der Waals surface area contributed by atoms with Gasteiger partial charge in [0.1, 0.15) is 0 Å². The van der Waals surface area contributed by atoms with Crippen LogP contribution < -0.4 is 14.8 Å². The number of benzene rings is 1. The largest absolute Gasteiger partial charge is 0.490 e. The van der Waals surface area contributed by atoms with E-state index in [2.05, 4.69) is 5.32 Å². The van der Waals surface area contributed by atoms with Gasteiger partial charge in [-0.05, 0) is 44.9 Å². The van der Waals surface area contributed by atoms with Crippen molar-refractivity contribution in [2.45, 2.75) is 54.0 Å². The summed E-state index contributed by atoms with van der Waals surface area (Å²) in [7, 11) is 0. The number of carbonyl (C=O) groups is 1. The number of amides is 1. The number of nitrogens with one attached hydrogen (secondary N) is 1. The fourth-order valence-electron chi connectivity index (χ4n) is 1.97. The van der Waals surface area contributed by atoms with Crippen molar-refractivity contribution in [3.05, 3.63) is 23.8 Å². The highest BCUT2D eigenvalue weighted by atomic mass is 16.5. The van der Waals surface area contributed by atoms with Crippen LogP contribution in [0, 0.1) is 5.41 Å². The van der Waals surface area contributed by atoms with Gasteiger partial charge in [0.05, 0.1) is 19.3 Å². The molecule has 1 rings (SSSR count). The lowest BCUT2D eigenvalue weighted by Gasteiger charge is -2.25. The Morgan fingerprint density at radius 2 is 1.73 bits per heavy atom. The Balaban J connectivity index is 2.91. The Bertz CT molecular complexity index is 497. The fourth-order valence-corrected chi connectivity index (χ4v) is 1.97. The van der Waals surface area contributed by atoms with Gasteiger partial charge < -0.3 is 14.8 Å². The third kappa shape index (κ3) is 4.65. The molecule has 0 bridgehead atoms. The van der Waals surface area contributed by atoms with Gasteiger partial charge in [-0.2, -0.15) is 0 Å². The predicted molar refractivity (Wildman–Crippen MR) is 89.4 cm³/mol. The minimum absolute atomic E-state index is 0.0642. The fraction of sp³-hybridized carbons (Fsp3) is 0.611. The lowest BCUT2D eigenvalue weighted by atomic mass is 9.88. The van der Waals surface area contributed by atoms with E-state index in [1.54, 1.807) is 0 Å². The maximum atomic E-state index is 12.3. The molecule has 22 heavy (non-hydrogen) atoms. The second-order valence-corrected chi connectivity index (χ2v) is 6.00. The molecule has 0 saturated carbocycles. The van der Waals surface area contributed by atoms with Gasteiger partial charge in [-0.15, -0.1) is 0 Å². The van der Waals surface area contributed by atoms with Gasteiger partial charge in [-0.25, -0.2) is 0 Å². The lowest BCUT2D eigenvalue weighted by Crippen LogP contribution is -2.37. The average Bonchev–Trinajstić information content (AvgIpc) is 2.49. The summed E-state index contributed by atoms with van der Waals surface area (Å²) < 4.78 is 11.2. The molecule has 1 aromatic rings. The Labute approximate surface area is 134 Å². The molecular weight excluding hydrogens is 278 g/mol. The molecule has 0 fully saturated rings. The smallest absolute Gasteiger partial charge is 0.226 e. The van der Waals surface area contributed by atoms with Crippen LogP contribution in [0.15, 0.2) is 18.2 Å². The summed E-state index contributed by atoms with van der Waals surface area (Å²) in [6, 6.07) is 5.74. The summed E-state index contributed by atoms with van der Waals surface area (Å²) in [6.45, 7) is 13.0. The van der Waals surface area contributed by atoms with Crippen LogP contribution in [-0.4, -0.2) is 19.1 Å². The monoisotopic (exact) mass is 307 g/mol. The summed E-state index contributed by atoms with van der Waals surface area (Å²) in [5.74, 6) is 1.52. The van der Waals surface area contributed by atoms with Gasteiger partial charge >= 0.3 is 0 Å². The molecule has 124 valence electrons. The number of ether oxygens (including phenoxy) is 2. The highest BCUT2D eigenvalue weighted by Crippen LogP contribution is 2.31. The highest BCUT2D eigenvalue weighted by Gasteiger charge is 2.26. The molecule has 1 amide bonds. The van der Waals surface area contributed by atoms with Gasteiger partial charge in [0.15, 0.2) is 11.5 Å². The minimum atomic E-state index is -0.359. The standard InChI is InChI=1S/C18H29NO3/c1-7-18(5,6)17(20)19-13(4)14-10-11-15(21-8-2)16(12-14)22-9-3/h10-13H,7-9H2,1-6H3,(H,19,20). The molecule has 0 aliphatic rings. The molecule has 0 spiro atoms. The second kappa shape index (κ2) is 8.06. The van der Waals surface area contributed by atoms with E-state index in [0.29, 0.717) is 13.2 Å². The topological polar surface area (TPSA) is 47.6 Å². The SMILES string of the molecule is CCOc1ccc(C(C)NC(=O)C(C)(C)CC)cc1OCC. The summed E-state index contributed by atoms with van der Waals surface area (Å²) in [5, 5.41) is 3.07. The molecule has 0 radical (unpaired) electrons. The molecule has 1 atom stereocenters. The zero-order valence-electron chi connectivity index (χ0n) is 14.7. The first-order valence-electron chi connectivity index (χ1n) is 8.06. The van der Waals surface area contributed by atoms with Crippen molar-refractivity contribution in [3.63, 3.8) is 0 Å². The van der Waals surface area contributed by atoms with Crippen LogP contribution in [0.2, 0.25) is 0 Å². The van der Waals surface area contributed by atoms with Crippen LogP contribution in [0.25, 0.3) is 0 Å². The molecule has 4 heteroatoms. The van der Waals surface area contributed by atoms with Crippen LogP contribution in [0.5, 0.6) is 11.5 Å². The van der Waals surface area contributed by atoms with E-state index < -0.39 is 0 Å². The van der Waals surface area contributed by atoms with E-state index in [-0.39, 0.29) is 17.4 Å². The molecule has 1 N–H and O–H groups in total. The van der Waals surface area contributed by atoms with Crippen molar-refractivity contribution in [1.29, 1.82) is 0 Å². The number of rotatable bonds is 8. The lowest BCUT2D eigenvalue weighted by molar-refractivity contribution is -0.130. The first-order valence-corrected chi connectivity index (χ1v) is 8.06. The van der Waals surface area contributed by atoms with Crippen molar-refractivity contribution in [1.82, 2.24) is 5.32 Å². The molecule has 0 aliphatic carbocycles. The van der Waals surface area contributed by atoms with Gasteiger partial charge in [0.25, 0.3) is 0 Å². The number of carbonyl (C=O) groups excluding carboxylic acids is 1. The number of hydrogen-bond donors (Lipinski definition) is 1. The van der Waals surface area contributed by atoms with Crippen molar-refractivity contribution >= 4 is 5.91 Å². The van der Waals surface area contributed by atoms with Gasteiger partial charge in [0.2, 0.25) is 5.91 Å². The van der Waals surface area contributed by atoms with Crippen molar-refractivity contribution in [2.24, 2.45) is 5.41 Å². The summed E-state index contributed by atoms with van der Waals surface area (Å²) in [5.41, 5.74) is 0.648. The number of hydrogen-bond acceptors (Lipinski definition) is 3. The molecule has 0 aliphatic heterocycles. The molecule has 1 aromatic carbocycles. The quantitative estimate of drug-likeness (QED) is 0.786.